The van der Waals surface area contributed by atoms with Crippen LogP contribution in [0.4, 0.5) is 87.8 Å². The lowest BCUT2D eigenvalue weighted by Crippen LogP contribution is -2.81. The maximum atomic E-state index is 15.4. The van der Waals surface area contributed by atoms with Crippen molar-refractivity contribution in [3.63, 3.8) is 0 Å². The molecule has 26 heteroatoms. The Morgan fingerprint density at radius 3 is 0.917 bits per heavy atom. The van der Waals surface area contributed by atoms with Gasteiger partial charge in [0.05, 0.1) is 0 Å². The summed E-state index contributed by atoms with van der Waals surface area (Å²) in [6.45, 7) is 0. The molecule has 0 amide bonds. The summed E-state index contributed by atoms with van der Waals surface area (Å²) in [7, 11) is -2.63. The summed E-state index contributed by atoms with van der Waals surface area (Å²) in [5.41, 5.74) is -12.1. The molecule has 0 saturated carbocycles. The molecule has 7 aromatic rings. The van der Waals surface area contributed by atoms with Crippen molar-refractivity contribution in [1.82, 2.24) is 0 Å². The summed E-state index contributed by atoms with van der Waals surface area (Å²) in [4.78, 5) is 0.707. The van der Waals surface area contributed by atoms with Gasteiger partial charge in [-0.1, -0.05) is 99.7 Å². The fraction of sp³-hybridized carbons (Fsp3) is 0.0435. The lowest BCUT2D eigenvalue weighted by molar-refractivity contribution is 0.378. The second kappa shape index (κ2) is 20.7. The number of hydrogen-bond acceptors (Lipinski definition) is 1. The molecule has 0 aromatic heterocycles. The Morgan fingerprint density at radius 2 is 0.639 bits per heavy atom. The van der Waals surface area contributed by atoms with Crippen molar-refractivity contribution >= 4 is 72.7 Å². The molecule has 0 fully saturated rings. The smallest absolute Gasteiger partial charge is 0.207 e. The van der Waals surface area contributed by atoms with Crippen molar-refractivity contribution < 1.29 is 92.0 Å². The SMILES string of the molecule is Fc1c(F)c(F)c([B-](c2c(F)c(F)c(F)c(F)c2F)(c2c(F)c(F)c(F)c(F)c2F)c2c(F)c(F)c(F)c(F)c2F)c(F)c1F.O=[S+](C#Cc1ccccc1)(Cc1ccc(C(Cl)(Cl)Cl)cc1)c1ccccc1. The summed E-state index contributed by atoms with van der Waals surface area (Å²) in [6, 6.07) is 26.0. The van der Waals surface area contributed by atoms with Crippen LogP contribution in [-0.4, -0.2) is 6.15 Å². The molecule has 1 unspecified atom stereocenters. The van der Waals surface area contributed by atoms with Gasteiger partial charge in [-0.05, 0) is 30.2 Å². The highest BCUT2D eigenvalue weighted by molar-refractivity contribution is 8.06. The van der Waals surface area contributed by atoms with Crippen molar-refractivity contribution in [1.29, 1.82) is 0 Å². The topological polar surface area (TPSA) is 17.1 Å². The number of benzene rings is 7. The van der Waals surface area contributed by atoms with Gasteiger partial charge in [-0.25, -0.2) is 87.8 Å². The van der Waals surface area contributed by atoms with E-state index in [2.05, 4.69) is 11.2 Å². The molecular weight excluding hydrogens is 1100 g/mol. The maximum Gasteiger partial charge on any atom is 0.216 e. The van der Waals surface area contributed by atoms with Gasteiger partial charge in [-0.3, -0.25) is 0 Å². The monoisotopic (exact) mass is 1110 g/mol. The molecule has 1 atom stereocenters. The van der Waals surface area contributed by atoms with Crippen molar-refractivity contribution in [3.8, 4) is 11.2 Å². The molecule has 0 spiro atoms. The molecule has 1 nitrogen and oxygen atoms in total. The van der Waals surface area contributed by atoms with E-state index < -0.39 is 158 Å². The van der Waals surface area contributed by atoms with Crippen LogP contribution in [0, 0.1) is 128 Å². The van der Waals surface area contributed by atoms with Crippen LogP contribution in [0.5, 0.6) is 0 Å². The second-order valence-electron chi connectivity index (χ2n) is 14.7. The van der Waals surface area contributed by atoms with E-state index >= 15 is 35.1 Å². The zero-order valence-electron chi connectivity index (χ0n) is 34.4. The average molecular weight is 1110 g/mol. The van der Waals surface area contributed by atoms with Crippen LogP contribution in [0.25, 0.3) is 0 Å². The van der Waals surface area contributed by atoms with E-state index in [1.807, 2.05) is 72.8 Å². The highest BCUT2D eigenvalue weighted by Gasteiger charge is 2.52. The minimum atomic E-state index is -7.22. The molecule has 0 saturated heterocycles. The molecule has 0 aliphatic carbocycles. The summed E-state index contributed by atoms with van der Waals surface area (Å²) in [6.07, 6.45) is -7.22. The highest BCUT2D eigenvalue weighted by atomic mass is 35.6. The van der Waals surface area contributed by atoms with E-state index in [9.17, 15) is 56.9 Å². The fourth-order valence-corrected chi connectivity index (χ4v) is 9.66. The van der Waals surface area contributed by atoms with E-state index in [1.54, 1.807) is 12.1 Å². The van der Waals surface area contributed by atoms with Crippen molar-refractivity contribution in [3.05, 3.63) is 218 Å². The van der Waals surface area contributed by atoms with Crippen LogP contribution in [-0.2, 0) is 23.7 Å². The lowest BCUT2D eigenvalue weighted by Gasteiger charge is -2.44. The minimum Gasteiger partial charge on any atom is -0.207 e. The van der Waals surface area contributed by atoms with Gasteiger partial charge >= 0.3 is 0 Å². The summed E-state index contributed by atoms with van der Waals surface area (Å²) in [5.74, 6) is -68.1. The van der Waals surface area contributed by atoms with Crippen molar-refractivity contribution in [2.75, 3.05) is 0 Å². The molecule has 0 heterocycles. The Labute approximate surface area is 406 Å². The van der Waals surface area contributed by atoms with Crippen LogP contribution < -0.4 is 21.9 Å². The number of hydrogen-bond donors (Lipinski definition) is 0. The third kappa shape index (κ3) is 9.49. The minimum absolute atomic E-state index is 0.289. The summed E-state index contributed by atoms with van der Waals surface area (Å²) >= 11 is 17.7. The van der Waals surface area contributed by atoms with Crippen LogP contribution in [0.2, 0.25) is 0 Å². The Hall–Kier alpha value is -6.22. The standard InChI is InChI=1S/C24BF20.C22H16Cl3OS/c26-5-1(6(27)14(35)21(42)13(5)34)25(2-7(28)15(36)22(43)16(37)8(2)29,3-9(30)17(38)23(44)18(39)10(3)31)4-11(32)19(40)24(45)20(41)12(4)33;23-22(24,25)20-13-11-19(12-14-20)17-27(26,21-9-5-2-6-10-21)16-15-18-7-3-1-4-8-18/h;1-14H,17H2/q-1;+1. The van der Waals surface area contributed by atoms with Gasteiger partial charge in [0.25, 0.3) is 0 Å². The molecule has 7 aromatic carbocycles. The van der Waals surface area contributed by atoms with E-state index in [1.165, 1.54) is 0 Å². The highest BCUT2D eigenvalue weighted by Crippen LogP contribution is 2.38. The number of rotatable bonds is 7. The molecule has 0 radical (unpaired) electrons. The van der Waals surface area contributed by atoms with Gasteiger partial charge in [0.2, 0.25) is 3.79 Å². The zero-order chi connectivity index (χ0) is 53.7. The van der Waals surface area contributed by atoms with Gasteiger partial charge in [0.15, 0.2) is 95.6 Å². The molecule has 0 aliphatic heterocycles. The molecule has 72 heavy (non-hydrogen) atoms. The second-order valence-corrected chi connectivity index (χ2v) is 19.3. The number of alkyl halides is 3. The molecule has 376 valence electrons. The van der Waals surface area contributed by atoms with Gasteiger partial charge in [0.1, 0.15) is 52.7 Å². The Kier molecular flexibility index (Phi) is 15.9. The first kappa shape index (κ1) is 55.1. The van der Waals surface area contributed by atoms with Crippen LogP contribution in [0.1, 0.15) is 16.7 Å². The molecule has 0 bridgehead atoms. The van der Waals surface area contributed by atoms with Crippen LogP contribution >= 0.6 is 34.8 Å². The summed E-state index contributed by atoms with van der Waals surface area (Å²) < 4.78 is 306. The van der Waals surface area contributed by atoms with Gasteiger partial charge in [-0.2, -0.15) is 0 Å². The Morgan fingerprint density at radius 1 is 0.375 bits per heavy atom. The van der Waals surface area contributed by atoms with Gasteiger partial charge in [-0.15, -0.1) is 21.9 Å². The van der Waals surface area contributed by atoms with Crippen LogP contribution in [0.15, 0.2) is 89.8 Å². The molecular formula is C46H16BCl3F20OS. The fourth-order valence-electron chi connectivity index (χ4n) is 7.38. The zero-order valence-corrected chi connectivity index (χ0v) is 37.5. The van der Waals surface area contributed by atoms with Crippen molar-refractivity contribution in [2.24, 2.45) is 0 Å². The van der Waals surface area contributed by atoms with E-state index in [-0.39, 0.29) is 5.75 Å². The predicted octanol–water partition coefficient (Wildman–Crippen LogP) is 12.4. The maximum absolute atomic E-state index is 15.4. The molecule has 7 rings (SSSR count). The molecule has 0 N–H and O–H groups in total. The number of halogens is 23. The normalized spacial score (nSPS) is 12.5. The van der Waals surface area contributed by atoms with E-state index in [0.717, 1.165) is 11.1 Å². The third-order valence-electron chi connectivity index (χ3n) is 10.6. The first-order valence-corrected chi connectivity index (χ1v) is 22.0. The van der Waals surface area contributed by atoms with E-state index in [0.29, 0.717) is 10.5 Å². The van der Waals surface area contributed by atoms with E-state index in [4.69, 9.17) is 34.8 Å². The predicted molar refractivity (Wildman–Crippen MR) is 225 cm³/mol. The van der Waals surface area contributed by atoms with Crippen molar-refractivity contribution in [2.45, 2.75) is 14.4 Å². The first-order valence-electron chi connectivity index (χ1n) is 19.1. The lowest BCUT2D eigenvalue weighted by atomic mass is 9.12. The van der Waals surface area contributed by atoms with Crippen LogP contribution in [0.3, 0.4) is 0 Å². The Bertz CT molecular complexity index is 3020. The average Bonchev–Trinajstić information content (AvgIpc) is 3.36. The van der Waals surface area contributed by atoms with Gasteiger partial charge < -0.3 is 0 Å². The Balaban J connectivity index is 0.000000266. The largest absolute Gasteiger partial charge is 0.216 e. The third-order valence-corrected chi connectivity index (χ3v) is 13.5. The van der Waals surface area contributed by atoms with Gasteiger partial charge in [0, 0.05) is 16.7 Å². The quantitative estimate of drug-likeness (QED) is 0.0296. The molecule has 0 aliphatic rings. The summed E-state index contributed by atoms with van der Waals surface area (Å²) in [5, 5.41) is 3.02. The first-order chi connectivity index (χ1) is 33.6.